The normalized spacial score (nSPS) is 11.7. The molecule has 0 heterocycles. The van der Waals surface area contributed by atoms with E-state index in [0.29, 0.717) is 12.2 Å². The summed E-state index contributed by atoms with van der Waals surface area (Å²) in [6.45, 7) is 6.22. The summed E-state index contributed by atoms with van der Waals surface area (Å²) in [6, 6.07) is 5.60. The van der Waals surface area contributed by atoms with Gasteiger partial charge >= 0.3 is 0 Å². The lowest BCUT2D eigenvalue weighted by Crippen LogP contribution is -2.26. The van der Waals surface area contributed by atoms with Gasteiger partial charge in [0.15, 0.2) is 0 Å². The summed E-state index contributed by atoms with van der Waals surface area (Å²) in [5.74, 6) is -1.17. The van der Waals surface area contributed by atoms with Gasteiger partial charge in [-0.1, -0.05) is 36.2 Å². The van der Waals surface area contributed by atoms with Crippen molar-refractivity contribution in [1.82, 2.24) is 5.32 Å². The predicted molar refractivity (Wildman–Crippen MR) is 86.6 cm³/mol. The van der Waals surface area contributed by atoms with Crippen LogP contribution in [0.15, 0.2) is 28.3 Å². The monoisotopic (exact) mass is 328 g/mol. The topological polar surface area (TPSA) is 58.2 Å². The van der Waals surface area contributed by atoms with E-state index in [-0.39, 0.29) is 10.1 Å². The average molecular weight is 329 g/mol. The van der Waals surface area contributed by atoms with E-state index in [2.05, 4.69) is 10.6 Å². The second-order valence-electron chi connectivity index (χ2n) is 4.71. The van der Waals surface area contributed by atoms with Crippen LogP contribution in [0.4, 0.5) is 5.69 Å². The minimum Gasteiger partial charge on any atom is -0.351 e. The van der Waals surface area contributed by atoms with Crippen LogP contribution in [0.25, 0.3) is 0 Å². The number of aryl methyl sites for hydroxylation is 2. The third kappa shape index (κ3) is 5.40. The van der Waals surface area contributed by atoms with Gasteiger partial charge in [0.05, 0.1) is 0 Å². The molecule has 2 N–H and O–H groups in total. The van der Waals surface area contributed by atoms with E-state index >= 15 is 0 Å². The van der Waals surface area contributed by atoms with E-state index in [4.69, 9.17) is 23.2 Å². The highest BCUT2D eigenvalue weighted by molar-refractivity contribution is 6.54. The Morgan fingerprint density at radius 2 is 1.52 bits per heavy atom. The van der Waals surface area contributed by atoms with E-state index < -0.39 is 11.8 Å². The molecule has 6 heteroatoms. The first-order chi connectivity index (χ1) is 9.85. The number of halogens is 2. The Kier molecular flexibility index (Phi) is 6.72. The fourth-order valence-corrected chi connectivity index (χ4v) is 2.03. The summed E-state index contributed by atoms with van der Waals surface area (Å²) in [7, 11) is 0. The van der Waals surface area contributed by atoms with Crippen LogP contribution in [0, 0.1) is 13.8 Å². The molecular weight excluding hydrogens is 311 g/mol. The van der Waals surface area contributed by atoms with Crippen molar-refractivity contribution in [3.05, 3.63) is 39.4 Å². The predicted octanol–water partition coefficient (Wildman–Crippen LogP) is 3.46. The van der Waals surface area contributed by atoms with Crippen molar-refractivity contribution < 1.29 is 9.59 Å². The van der Waals surface area contributed by atoms with Crippen LogP contribution >= 0.6 is 23.2 Å². The van der Waals surface area contributed by atoms with Crippen LogP contribution in [0.2, 0.25) is 0 Å². The summed E-state index contributed by atoms with van der Waals surface area (Å²) in [4.78, 5) is 23.6. The summed E-state index contributed by atoms with van der Waals surface area (Å²) in [6.07, 6.45) is 0.766. The Balaban J connectivity index is 2.84. The van der Waals surface area contributed by atoms with Crippen LogP contribution in [-0.2, 0) is 9.59 Å². The number of carbonyl (C=O) groups is 2. The molecular formula is C15H18Cl2N2O2. The molecule has 0 fully saturated rings. The highest BCUT2D eigenvalue weighted by Gasteiger charge is 2.17. The molecule has 21 heavy (non-hydrogen) atoms. The Labute approximate surface area is 134 Å². The molecule has 0 aliphatic heterocycles. The average Bonchev–Trinajstić information content (AvgIpc) is 2.41. The zero-order chi connectivity index (χ0) is 16.0. The lowest BCUT2D eigenvalue weighted by Gasteiger charge is -2.08. The lowest BCUT2D eigenvalue weighted by atomic mass is 10.1. The van der Waals surface area contributed by atoms with Gasteiger partial charge in [-0.2, -0.15) is 0 Å². The maximum absolute atomic E-state index is 12.0. The Morgan fingerprint density at radius 1 is 1.00 bits per heavy atom. The van der Waals surface area contributed by atoms with Gasteiger partial charge in [0.25, 0.3) is 11.8 Å². The van der Waals surface area contributed by atoms with Crippen LogP contribution in [-0.4, -0.2) is 18.4 Å². The lowest BCUT2D eigenvalue weighted by molar-refractivity contribution is -0.117. The van der Waals surface area contributed by atoms with Gasteiger partial charge in [-0.25, -0.2) is 0 Å². The van der Waals surface area contributed by atoms with E-state index in [1.807, 2.05) is 26.8 Å². The van der Waals surface area contributed by atoms with Crippen LogP contribution in [0.5, 0.6) is 0 Å². The van der Waals surface area contributed by atoms with Crippen LogP contribution in [0.3, 0.4) is 0 Å². The van der Waals surface area contributed by atoms with E-state index in [1.165, 1.54) is 0 Å². The Bertz CT molecular complexity index is 563. The van der Waals surface area contributed by atoms with Crippen LogP contribution in [0.1, 0.15) is 24.5 Å². The third-order valence-corrected chi connectivity index (χ3v) is 3.42. The summed E-state index contributed by atoms with van der Waals surface area (Å²) < 4.78 is 0. The molecule has 4 nitrogen and oxygen atoms in total. The fraction of sp³-hybridized carbons (Fsp3) is 0.333. The number of hydrogen-bond donors (Lipinski definition) is 2. The quantitative estimate of drug-likeness (QED) is 0.813. The van der Waals surface area contributed by atoms with Gasteiger partial charge in [0, 0.05) is 12.2 Å². The summed E-state index contributed by atoms with van der Waals surface area (Å²) in [5, 5.41) is 4.54. The van der Waals surface area contributed by atoms with Gasteiger partial charge in [0.2, 0.25) is 0 Å². The molecule has 0 radical (unpaired) electrons. The van der Waals surface area contributed by atoms with Crippen molar-refractivity contribution in [2.45, 2.75) is 27.2 Å². The van der Waals surface area contributed by atoms with Gasteiger partial charge in [-0.05, 0) is 43.5 Å². The second kappa shape index (κ2) is 8.05. The van der Waals surface area contributed by atoms with Gasteiger partial charge < -0.3 is 10.6 Å². The molecule has 0 bridgehead atoms. The molecule has 114 valence electrons. The smallest absolute Gasteiger partial charge is 0.268 e. The Morgan fingerprint density at radius 3 is 2.05 bits per heavy atom. The maximum Gasteiger partial charge on any atom is 0.268 e. The zero-order valence-electron chi connectivity index (χ0n) is 12.2. The summed E-state index contributed by atoms with van der Waals surface area (Å²) >= 11 is 11.7. The minimum absolute atomic E-state index is 0.313. The van der Waals surface area contributed by atoms with Crippen molar-refractivity contribution in [3.63, 3.8) is 0 Å². The zero-order valence-corrected chi connectivity index (χ0v) is 13.7. The van der Waals surface area contributed by atoms with E-state index in [9.17, 15) is 9.59 Å². The number of rotatable bonds is 5. The van der Waals surface area contributed by atoms with Crippen molar-refractivity contribution in [3.8, 4) is 0 Å². The molecule has 0 aliphatic rings. The van der Waals surface area contributed by atoms with Crippen molar-refractivity contribution in [2.75, 3.05) is 11.9 Å². The van der Waals surface area contributed by atoms with E-state index in [1.54, 1.807) is 12.1 Å². The molecule has 0 saturated carbocycles. The number of amides is 2. The van der Waals surface area contributed by atoms with Crippen LogP contribution < -0.4 is 10.6 Å². The molecule has 0 aromatic heterocycles. The first-order valence-corrected chi connectivity index (χ1v) is 7.33. The molecule has 0 atom stereocenters. The first kappa shape index (κ1) is 17.5. The number of carbonyl (C=O) groups excluding carboxylic acids is 2. The standard InChI is InChI=1S/C15H18Cl2N2O2/c1-4-5-18-14(20)12(16)13(17)15(21)19-11-7-9(2)6-10(3)8-11/h6-8H,4-5H2,1-3H3,(H,18,20)(H,19,21)/b13-12-. The molecule has 0 saturated heterocycles. The largest absolute Gasteiger partial charge is 0.351 e. The van der Waals surface area contributed by atoms with Gasteiger partial charge in [0.1, 0.15) is 10.1 Å². The molecule has 0 aliphatic carbocycles. The van der Waals surface area contributed by atoms with Crippen molar-refractivity contribution >= 4 is 40.7 Å². The number of anilines is 1. The molecule has 0 spiro atoms. The molecule has 1 aromatic rings. The molecule has 1 rings (SSSR count). The van der Waals surface area contributed by atoms with Crippen molar-refractivity contribution in [1.29, 1.82) is 0 Å². The maximum atomic E-state index is 12.0. The third-order valence-electron chi connectivity index (χ3n) is 2.61. The molecule has 0 unspecified atom stereocenters. The highest BCUT2D eigenvalue weighted by atomic mass is 35.5. The van der Waals surface area contributed by atoms with E-state index in [0.717, 1.165) is 17.5 Å². The van der Waals surface area contributed by atoms with Gasteiger partial charge in [-0.15, -0.1) is 0 Å². The molecule has 1 aromatic carbocycles. The van der Waals surface area contributed by atoms with Gasteiger partial charge in [-0.3, -0.25) is 9.59 Å². The Hall–Kier alpha value is -1.52. The van der Waals surface area contributed by atoms with Crippen molar-refractivity contribution in [2.24, 2.45) is 0 Å². The summed E-state index contributed by atoms with van der Waals surface area (Å²) in [5.41, 5.74) is 2.63. The number of nitrogens with one attached hydrogen (secondary N) is 2. The second-order valence-corrected chi connectivity index (χ2v) is 5.47. The first-order valence-electron chi connectivity index (χ1n) is 6.58. The SMILES string of the molecule is CCCNC(=O)/C(Cl)=C(/Cl)C(=O)Nc1cc(C)cc(C)c1. The fourth-order valence-electron chi connectivity index (χ4n) is 1.75. The highest BCUT2D eigenvalue weighted by Crippen LogP contribution is 2.19. The number of hydrogen-bond acceptors (Lipinski definition) is 2. The minimum atomic E-state index is -0.613. The number of benzene rings is 1. The molecule has 2 amide bonds.